The van der Waals surface area contributed by atoms with Gasteiger partial charge in [-0.05, 0) is 48.3 Å². The maximum Gasteiger partial charge on any atom is 0.162 e. The lowest BCUT2D eigenvalue weighted by molar-refractivity contribution is 0.171. The van der Waals surface area contributed by atoms with Crippen LogP contribution in [0.25, 0.3) is 0 Å². The van der Waals surface area contributed by atoms with E-state index in [0.29, 0.717) is 13.2 Å². The highest BCUT2D eigenvalue weighted by molar-refractivity contribution is 7.97. The molecule has 0 N–H and O–H groups in total. The Labute approximate surface area is 123 Å². The Morgan fingerprint density at radius 1 is 0.950 bits per heavy atom. The zero-order valence-corrected chi connectivity index (χ0v) is 12.4. The lowest BCUT2D eigenvalue weighted by Crippen LogP contribution is -2.23. The number of benzene rings is 1. The van der Waals surface area contributed by atoms with Gasteiger partial charge in [-0.25, -0.2) is 4.31 Å². The molecule has 20 heavy (non-hydrogen) atoms. The van der Waals surface area contributed by atoms with Gasteiger partial charge in [0.25, 0.3) is 0 Å². The first-order valence-corrected chi connectivity index (χ1v) is 7.76. The molecule has 3 aliphatic rings. The van der Waals surface area contributed by atoms with E-state index < -0.39 is 0 Å². The van der Waals surface area contributed by atoms with Gasteiger partial charge in [0.05, 0.1) is 0 Å². The molecule has 0 saturated carbocycles. The van der Waals surface area contributed by atoms with Crippen molar-refractivity contribution < 1.29 is 9.47 Å². The zero-order chi connectivity index (χ0) is 13.5. The minimum atomic E-state index is 0.646. The first-order chi connectivity index (χ1) is 9.78. The summed E-state index contributed by atoms with van der Waals surface area (Å²) < 4.78 is 13.6. The van der Waals surface area contributed by atoms with Crippen LogP contribution >= 0.6 is 11.9 Å². The monoisotopic (exact) mass is 290 g/mol. The Bertz CT molecular complexity index is 555. The summed E-state index contributed by atoms with van der Waals surface area (Å²) >= 11 is 1.82. The molecular weight excluding hydrogens is 272 g/mol. The van der Waals surface area contributed by atoms with Gasteiger partial charge in [-0.3, -0.25) is 4.90 Å². The van der Waals surface area contributed by atoms with E-state index in [-0.39, 0.29) is 0 Å². The fraction of sp³-hybridized carbons (Fsp3) is 0.467. The Kier molecular flexibility index (Phi) is 3.13. The van der Waals surface area contributed by atoms with E-state index >= 15 is 0 Å². The molecule has 106 valence electrons. The van der Waals surface area contributed by atoms with Crippen LogP contribution < -0.4 is 9.47 Å². The summed E-state index contributed by atoms with van der Waals surface area (Å²) in [6.45, 7) is 5.72. The summed E-state index contributed by atoms with van der Waals surface area (Å²) in [6, 6.07) is 6.23. The number of hydrogen-bond donors (Lipinski definition) is 0. The molecule has 0 fully saturated rings. The number of likely N-dealkylation sites (N-methyl/N-ethyl adjacent to an activating group) is 1. The van der Waals surface area contributed by atoms with Crippen LogP contribution in [0.2, 0.25) is 0 Å². The first kappa shape index (κ1) is 12.6. The molecule has 0 saturated heterocycles. The molecule has 4 rings (SSSR count). The lowest BCUT2D eigenvalue weighted by Gasteiger charge is -2.21. The van der Waals surface area contributed by atoms with Crippen LogP contribution in [0.3, 0.4) is 0 Å². The van der Waals surface area contributed by atoms with Gasteiger partial charge in [-0.15, -0.1) is 0 Å². The van der Waals surface area contributed by atoms with Crippen LogP contribution in [0.5, 0.6) is 11.5 Å². The van der Waals surface area contributed by atoms with Crippen molar-refractivity contribution in [1.82, 2.24) is 9.21 Å². The minimum absolute atomic E-state index is 0.646. The van der Waals surface area contributed by atoms with Gasteiger partial charge in [0.2, 0.25) is 0 Å². The Hall–Kier alpha value is -1.17. The fourth-order valence-corrected chi connectivity index (χ4v) is 4.06. The predicted molar refractivity (Wildman–Crippen MR) is 79.4 cm³/mol. The largest absolute Gasteiger partial charge is 0.486 e. The second-order valence-electron chi connectivity index (χ2n) is 5.57. The van der Waals surface area contributed by atoms with Gasteiger partial charge in [-0.2, -0.15) is 0 Å². The van der Waals surface area contributed by atoms with Crippen LogP contribution in [0.1, 0.15) is 0 Å². The maximum absolute atomic E-state index is 5.64. The van der Waals surface area contributed by atoms with E-state index in [0.717, 1.165) is 37.7 Å². The molecule has 0 amide bonds. The average Bonchev–Trinajstić information content (AvgIpc) is 2.95. The van der Waals surface area contributed by atoms with Crippen LogP contribution in [-0.4, -0.2) is 55.6 Å². The molecule has 0 aliphatic carbocycles. The quantitative estimate of drug-likeness (QED) is 0.613. The second kappa shape index (κ2) is 4.98. The SMILES string of the molecule is CN1CC2=C(C1)CN(Sc1ccc3c(c1)OCCO3)C2. The van der Waals surface area contributed by atoms with Crippen LogP contribution in [0.15, 0.2) is 34.2 Å². The molecule has 0 spiro atoms. The number of fused-ring (bicyclic) bond motifs is 1. The van der Waals surface area contributed by atoms with Crippen molar-refractivity contribution in [2.45, 2.75) is 4.90 Å². The van der Waals surface area contributed by atoms with E-state index in [2.05, 4.69) is 28.4 Å². The number of hydrogen-bond acceptors (Lipinski definition) is 5. The number of nitrogens with zero attached hydrogens (tertiary/aromatic N) is 2. The molecule has 5 heteroatoms. The van der Waals surface area contributed by atoms with Crippen molar-refractivity contribution in [2.24, 2.45) is 0 Å². The third-order valence-electron chi connectivity index (χ3n) is 3.90. The van der Waals surface area contributed by atoms with Gasteiger partial charge >= 0.3 is 0 Å². The Morgan fingerprint density at radius 2 is 1.65 bits per heavy atom. The van der Waals surface area contributed by atoms with Crippen molar-refractivity contribution in [3.63, 3.8) is 0 Å². The van der Waals surface area contributed by atoms with E-state index in [1.54, 1.807) is 11.1 Å². The fourth-order valence-electron chi connectivity index (χ4n) is 3.03. The molecule has 3 heterocycles. The molecule has 3 aliphatic heterocycles. The van der Waals surface area contributed by atoms with Crippen molar-refractivity contribution >= 4 is 11.9 Å². The van der Waals surface area contributed by atoms with E-state index in [9.17, 15) is 0 Å². The van der Waals surface area contributed by atoms with Crippen molar-refractivity contribution in [2.75, 3.05) is 46.4 Å². The second-order valence-corrected chi connectivity index (χ2v) is 6.74. The molecule has 0 radical (unpaired) electrons. The summed E-state index contributed by atoms with van der Waals surface area (Å²) in [5.41, 5.74) is 3.22. The molecular formula is C15H18N2O2S. The summed E-state index contributed by atoms with van der Waals surface area (Å²) in [4.78, 5) is 3.61. The summed E-state index contributed by atoms with van der Waals surface area (Å²) in [5.74, 6) is 1.74. The van der Waals surface area contributed by atoms with Gasteiger partial charge in [0, 0.05) is 31.1 Å². The summed E-state index contributed by atoms with van der Waals surface area (Å²) in [6.07, 6.45) is 0. The van der Waals surface area contributed by atoms with Crippen molar-refractivity contribution in [3.8, 4) is 11.5 Å². The van der Waals surface area contributed by atoms with E-state index in [4.69, 9.17) is 9.47 Å². The predicted octanol–water partition coefficient (Wildman–Crippen LogP) is 2.02. The highest BCUT2D eigenvalue weighted by Gasteiger charge is 2.28. The van der Waals surface area contributed by atoms with E-state index in [1.165, 1.54) is 4.90 Å². The van der Waals surface area contributed by atoms with Gasteiger partial charge in [0.1, 0.15) is 13.2 Å². The van der Waals surface area contributed by atoms with Gasteiger partial charge in [-0.1, -0.05) is 0 Å². The van der Waals surface area contributed by atoms with E-state index in [1.807, 2.05) is 18.0 Å². The van der Waals surface area contributed by atoms with Crippen LogP contribution in [-0.2, 0) is 0 Å². The molecule has 1 aromatic carbocycles. The van der Waals surface area contributed by atoms with Gasteiger partial charge < -0.3 is 9.47 Å². The highest BCUT2D eigenvalue weighted by Crippen LogP contribution is 2.37. The Morgan fingerprint density at radius 3 is 2.40 bits per heavy atom. The number of ether oxygens (including phenoxy) is 2. The maximum atomic E-state index is 5.64. The summed E-state index contributed by atoms with van der Waals surface area (Å²) in [5, 5.41) is 0. The third-order valence-corrected chi connectivity index (χ3v) is 4.89. The van der Waals surface area contributed by atoms with Crippen molar-refractivity contribution in [1.29, 1.82) is 0 Å². The topological polar surface area (TPSA) is 24.9 Å². The molecule has 0 unspecified atom stereocenters. The lowest BCUT2D eigenvalue weighted by atomic mass is 10.2. The molecule has 1 aromatic rings. The number of rotatable bonds is 2. The molecule has 0 aromatic heterocycles. The standard InChI is InChI=1S/C15H18N2O2S/c1-16-7-11-9-17(10-12(11)8-16)20-13-2-3-14-15(6-13)19-5-4-18-14/h2-3,6H,4-5,7-10H2,1H3. The third kappa shape index (κ3) is 2.30. The van der Waals surface area contributed by atoms with Crippen molar-refractivity contribution in [3.05, 3.63) is 29.3 Å². The first-order valence-electron chi connectivity index (χ1n) is 6.99. The zero-order valence-electron chi connectivity index (χ0n) is 11.6. The summed E-state index contributed by atoms with van der Waals surface area (Å²) in [7, 11) is 2.19. The normalized spacial score (nSPS) is 22.4. The van der Waals surface area contributed by atoms with Crippen LogP contribution in [0, 0.1) is 0 Å². The molecule has 0 atom stereocenters. The minimum Gasteiger partial charge on any atom is -0.486 e. The Balaban J connectivity index is 1.43. The average molecular weight is 290 g/mol. The molecule has 4 nitrogen and oxygen atoms in total. The van der Waals surface area contributed by atoms with Crippen LogP contribution in [0.4, 0.5) is 0 Å². The highest BCUT2D eigenvalue weighted by atomic mass is 32.2. The van der Waals surface area contributed by atoms with Gasteiger partial charge in [0.15, 0.2) is 11.5 Å². The molecule has 0 bridgehead atoms. The smallest absolute Gasteiger partial charge is 0.162 e.